The standard InChI is InChI=1S/C17H19BrFNO/c1-11(13-5-4-6-15(9-13)21-3)20-12(2)16-10-14(18)7-8-17(16)19/h4-12,20H,1-3H3. The first-order valence-corrected chi connectivity index (χ1v) is 7.65. The summed E-state index contributed by atoms with van der Waals surface area (Å²) >= 11 is 3.38. The van der Waals surface area contributed by atoms with Gasteiger partial charge >= 0.3 is 0 Å². The molecule has 21 heavy (non-hydrogen) atoms. The van der Waals surface area contributed by atoms with Crippen molar-refractivity contribution < 1.29 is 9.13 Å². The van der Waals surface area contributed by atoms with Crippen LogP contribution in [0.2, 0.25) is 0 Å². The second-order valence-electron chi connectivity index (χ2n) is 5.05. The van der Waals surface area contributed by atoms with E-state index in [1.54, 1.807) is 13.2 Å². The molecule has 4 heteroatoms. The van der Waals surface area contributed by atoms with Crippen molar-refractivity contribution in [1.29, 1.82) is 0 Å². The Labute approximate surface area is 133 Å². The van der Waals surface area contributed by atoms with E-state index in [1.807, 2.05) is 37.3 Å². The van der Waals surface area contributed by atoms with Crippen molar-refractivity contribution in [2.75, 3.05) is 7.11 Å². The van der Waals surface area contributed by atoms with E-state index in [0.717, 1.165) is 15.8 Å². The smallest absolute Gasteiger partial charge is 0.128 e. The van der Waals surface area contributed by atoms with Crippen molar-refractivity contribution in [3.63, 3.8) is 0 Å². The van der Waals surface area contributed by atoms with Crippen molar-refractivity contribution in [3.05, 3.63) is 63.9 Å². The quantitative estimate of drug-likeness (QED) is 0.817. The highest BCUT2D eigenvalue weighted by molar-refractivity contribution is 9.10. The topological polar surface area (TPSA) is 21.3 Å². The molecular formula is C17H19BrFNO. The maximum atomic E-state index is 13.9. The molecule has 0 aliphatic heterocycles. The molecule has 1 N–H and O–H groups in total. The van der Waals surface area contributed by atoms with Crippen molar-refractivity contribution in [2.24, 2.45) is 0 Å². The first-order chi connectivity index (χ1) is 10.0. The Hall–Kier alpha value is -1.39. The summed E-state index contributed by atoms with van der Waals surface area (Å²) in [7, 11) is 1.65. The Morgan fingerprint density at radius 1 is 1.10 bits per heavy atom. The van der Waals surface area contributed by atoms with Crippen LogP contribution in [0.5, 0.6) is 5.75 Å². The Kier molecular flexibility index (Phi) is 5.37. The zero-order valence-electron chi connectivity index (χ0n) is 12.4. The Morgan fingerprint density at radius 3 is 2.57 bits per heavy atom. The van der Waals surface area contributed by atoms with E-state index < -0.39 is 0 Å². The minimum absolute atomic E-state index is 0.0912. The molecule has 2 aromatic carbocycles. The molecule has 0 radical (unpaired) electrons. The fraction of sp³-hybridized carbons (Fsp3) is 0.294. The fourth-order valence-electron chi connectivity index (χ4n) is 2.32. The predicted octanol–water partition coefficient (Wildman–Crippen LogP) is 5.01. The molecule has 2 aromatic rings. The second kappa shape index (κ2) is 7.05. The first kappa shape index (κ1) is 16.0. The fourth-order valence-corrected chi connectivity index (χ4v) is 2.70. The summed E-state index contributed by atoms with van der Waals surface area (Å²) in [6.07, 6.45) is 0. The van der Waals surface area contributed by atoms with Gasteiger partial charge in [0.1, 0.15) is 11.6 Å². The lowest BCUT2D eigenvalue weighted by molar-refractivity contribution is 0.412. The van der Waals surface area contributed by atoms with Crippen molar-refractivity contribution >= 4 is 15.9 Å². The summed E-state index contributed by atoms with van der Waals surface area (Å²) < 4.78 is 20.0. The summed E-state index contributed by atoms with van der Waals surface area (Å²) in [5.41, 5.74) is 1.76. The highest BCUT2D eigenvalue weighted by Crippen LogP contribution is 2.25. The zero-order chi connectivity index (χ0) is 15.4. The number of methoxy groups -OCH3 is 1. The van der Waals surface area contributed by atoms with Crippen molar-refractivity contribution in [2.45, 2.75) is 25.9 Å². The van der Waals surface area contributed by atoms with Gasteiger partial charge in [-0.2, -0.15) is 0 Å². The summed E-state index contributed by atoms with van der Waals surface area (Å²) in [6, 6.07) is 12.9. The van der Waals surface area contributed by atoms with E-state index in [4.69, 9.17) is 4.74 Å². The lowest BCUT2D eigenvalue weighted by Gasteiger charge is -2.21. The molecule has 112 valence electrons. The van der Waals surface area contributed by atoms with Gasteiger partial charge in [0, 0.05) is 22.1 Å². The van der Waals surface area contributed by atoms with Crippen LogP contribution in [-0.4, -0.2) is 7.11 Å². The van der Waals surface area contributed by atoms with Gasteiger partial charge in [0.2, 0.25) is 0 Å². The number of hydrogen-bond donors (Lipinski definition) is 1. The molecule has 0 aliphatic rings. The third kappa shape index (κ3) is 4.05. The Bertz CT molecular complexity index is 617. The van der Waals surface area contributed by atoms with E-state index in [1.165, 1.54) is 6.07 Å². The van der Waals surface area contributed by atoms with Gasteiger partial charge in [0.25, 0.3) is 0 Å². The van der Waals surface area contributed by atoms with Crippen molar-refractivity contribution in [1.82, 2.24) is 5.32 Å². The van der Waals surface area contributed by atoms with E-state index in [2.05, 4.69) is 28.2 Å². The van der Waals surface area contributed by atoms with Crippen LogP contribution in [0.1, 0.15) is 37.1 Å². The summed E-state index contributed by atoms with van der Waals surface area (Å²) in [6.45, 7) is 4.02. The average Bonchev–Trinajstić information content (AvgIpc) is 2.49. The minimum atomic E-state index is -0.198. The normalized spacial score (nSPS) is 13.8. The van der Waals surface area contributed by atoms with Crippen LogP contribution in [0, 0.1) is 5.82 Å². The van der Waals surface area contributed by atoms with Gasteiger partial charge in [0.05, 0.1) is 7.11 Å². The Morgan fingerprint density at radius 2 is 1.86 bits per heavy atom. The molecule has 0 aliphatic carbocycles. The molecule has 0 heterocycles. The van der Waals surface area contributed by atoms with Crippen LogP contribution < -0.4 is 10.1 Å². The van der Waals surface area contributed by atoms with Gasteiger partial charge in [-0.05, 0) is 49.7 Å². The molecule has 0 aromatic heterocycles. The van der Waals surface area contributed by atoms with E-state index in [-0.39, 0.29) is 17.9 Å². The van der Waals surface area contributed by atoms with Crippen LogP contribution in [-0.2, 0) is 0 Å². The lowest BCUT2D eigenvalue weighted by atomic mass is 10.0. The molecule has 0 spiro atoms. The maximum absolute atomic E-state index is 13.9. The van der Waals surface area contributed by atoms with Crippen molar-refractivity contribution in [3.8, 4) is 5.75 Å². The molecule has 0 fully saturated rings. The van der Waals surface area contributed by atoms with Crippen LogP contribution in [0.3, 0.4) is 0 Å². The van der Waals surface area contributed by atoms with E-state index >= 15 is 0 Å². The van der Waals surface area contributed by atoms with Gasteiger partial charge in [-0.3, -0.25) is 0 Å². The molecular weight excluding hydrogens is 333 g/mol. The highest BCUT2D eigenvalue weighted by Gasteiger charge is 2.15. The number of benzene rings is 2. The zero-order valence-corrected chi connectivity index (χ0v) is 13.9. The first-order valence-electron chi connectivity index (χ1n) is 6.86. The summed E-state index contributed by atoms with van der Waals surface area (Å²) in [5.74, 6) is 0.624. The van der Waals surface area contributed by atoms with Gasteiger partial charge in [-0.1, -0.05) is 28.1 Å². The molecule has 2 atom stereocenters. The van der Waals surface area contributed by atoms with Crippen LogP contribution in [0.15, 0.2) is 46.9 Å². The highest BCUT2D eigenvalue weighted by atomic mass is 79.9. The number of hydrogen-bond acceptors (Lipinski definition) is 2. The number of rotatable bonds is 5. The average molecular weight is 352 g/mol. The van der Waals surface area contributed by atoms with Gasteiger partial charge in [0.15, 0.2) is 0 Å². The predicted molar refractivity (Wildman–Crippen MR) is 87.1 cm³/mol. The number of ether oxygens (including phenoxy) is 1. The van der Waals surface area contributed by atoms with Crippen LogP contribution >= 0.6 is 15.9 Å². The second-order valence-corrected chi connectivity index (χ2v) is 5.97. The molecule has 2 unspecified atom stereocenters. The summed E-state index contributed by atoms with van der Waals surface area (Å²) in [5, 5.41) is 3.42. The largest absolute Gasteiger partial charge is 0.497 e. The lowest BCUT2D eigenvalue weighted by Crippen LogP contribution is -2.23. The molecule has 2 nitrogen and oxygen atoms in total. The van der Waals surface area contributed by atoms with E-state index in [9.17, 15) is 4.39 Å². The molecule has 0 saturated heterocycles. The van der Waals surface area contributed by atoms with Crippen LogP contribution in [0.4, 0.5) is 4.39 Å². The van der Waals surface area contributed by atoms with E-state index in [0.29, 0.717) is 5.56 Å². The maximum Gasteiger partial charge on any atom is 0.128 e. The Balaban J connectivity index is 2.14. The summed E-state index contributed by atoms with van der Waals surface area (Å²) in [4.78, 5) is 0. The van der Waals surface area contributed by atoms with Gasteiger partial charge in [-0.25, -0.2) is 4.39 Å². The number of nitrogens with one attached hydrogen (secondary N) is 1. The third-order valence-corrected chi connectivity index (χ3v) is 4.01. The molecule has 0 bridgehead atoms. The van der Waals surface area contributed by atoms with Crippen LogP contribution in [0.25, 0.3) is 0 Å². The molecule has 0 saturated carbocycles. The SMILES string of the molecule is COc1cccc(C(C)NC(C)c2cc(Br)ccc2F)c1. The molecule has 0 amide bonds. The molecule has 2 rings (SSSR count). The third-order valence-electron chi connectivity index (χ3n) is 3.52. The van der Waals surface area contributed by atoms with Gasteiger partial charge < -0.3 is 10.1 Å². The minimum Gasteiger partial charge on any atom is -0.497 e. The monoisotopic (exact) mass is 351 g/mol. The van der Waals surface area contributed by atoms with Gasteiger partial charge in [-0.15, -0.1) is 0 Å². The number of halogens is 2.